The van der Waals surface area contributed by atoms with Crippen LogP contribution in [0.5, 0.6) is 0 Å². The molecule has 1 heterocycles. The summed E-state index contributed by atoms with van der Waals surface area (Å²) in [6.07, 6.45) is 2.10. The maximum absolute atomic E-state index is 11.3. The lowest BCUT2D eigenvalue weighted by Crippen LogP contribution is -2.08. The van der Waals surface area contributed by atoms with Crippen LogP contribution in [0.3, 0.4) is 0 Å². The fraction of sp³-hybridized carbons (Fsp3) is 0.250. The zero-order chi connectivity index (χ0) is 11.3. The minimum atomic E-state index is -0.880. The minimum Gasteiger partial charge on any atom is -0.471 e. The van der Waals surface area contributed by atoms with E-state index in [0.29, 0.717) is 0 Å². The molecule has 7 heteroatoms. The van der Waals surface area contributed by atoms with Gasteiger partial charge in [0.2, 0.25) is 0 Å². The number of nitrogens with zero attached hydrogens (tertiary/aromatic N) is 3. The van der Waals surface area contributed by atoms with Gasteiger partial charge >= 0.3 is 5.97 Å². The third-order valence-corrected chi connectivity index (χ3v) is 1.52. The molecule has 0 radical (unpaired) electrons. The van der Waals surface area contributed by atoms with E-state index in [2.05, 4.69) is 19.2 Å². The lowest BCUT2D eigenvalue weighted by atomic mass is 10.2. The fourth-order valence-electron chi connectivity index (χ4n) is 0.924. The smallest absolute Gasteiger partial charge is 0.342 e. The summed E-state index contributed by atoms with van der Waals surface area (Å²) in [7, 11) is 0. The first kappa shape index (κ1) is 10.8. The molecule has 0 saturated carbocycles. The van der Waals surface area contributed by atoms with E-state index in [1.807, 2.05) is 0 Å². The van der Waals surface area contributed by atoms with E-state index in [1.54, 1.807) is 6.92 Å². The largest absolute Gasteiger partial charge is 0.471 e. The van der Waals surface area contributed by atoms with Crippen LogP contribution in [0.2, 0.25) is 0 Å². The third kappa shape index (κ3) is 2.35. The molecule has 0 saturated heterocycles. The topological polar surface area (TPSA) is 105 Å². The van der Waals surface area contributed by atoms with Crippen LogP contribution in [0.25, 0.3) is 10.4 Å². The summed E-state index contributed by atoms with van der Waals surface area (Å²) in [5.41, 5.74) is 7.91. The Hall–Kier alpha value is -2.27. The Labute approximate surface area is 84.3 Å². The molecule has 1 aromatic rings. The Morgan fingerprint density at radius 3 is 2.80 bits per heavy atom. The molecule has 0 spiro atoms. The first-order valence-corrected chi connectivity index (χ1v) is 4.03. The van der Waals surface area contributed by atoms with Crippen molar-refractivity contribution >= 4 is 11.9 Å². The van der Waals surface area contributed by atoms with E-state index >= 15 is 0 Å². The quantitative estimate of drug-likeness (QED) is 0.328. The number of ether oxygens (including phenoxy) is 1. The lowest BCUT2D eigenvalue weighted by Gasteiger charge is -1.98. The lowest BCUT2D eigenvalue weighted by molar-refractivity contribution is 0.0522. The Morgan fingerprint density at radius 1 is 1.53 bits per heavy atom. The maximum atomic E-state index is 11.3. The number of rotatable bonds is 3. The zero-order valence-corrected chi connectivity index (χ0v) is 7.84. The Balaban J connectivity index is 3.01. The number of azide groups is 1. The molecule has 7 nitrogen and oxygen atoms in total. The number of carbonyl (C=O) groups excluding carboxylic acids is 2. The molecule has 78 valence electrons. The Kier molecular flexibility index (Phi) is 3.48. The van der Waals surface area contributed by atoms with Crippen molar-refractivity contribution in [2.24, 2.45) is 5.11 Å². The molecule has 0 aliphatic heterocycles. The van der Waals surface area contributed by atoms with Crippen LogP contribution in [0, 0.1) is 0 Å². The number of hydrogen-bond acceptors (Lipinski definition) is 4. The summed E-state index contributed by atoms with van der Waals surface area (Å²) in [5, 5.41) is 2.84. The monoisotopic (exact) mass is 209 g/mol. The molecule has 0 aliphatic rings. The maximum Gasteiger partial charge on any atom is 0.342 e. The highest BCUT2D eigenvalue weighted by molar-refractivity contribution is 6.05. The normalized spacial score (nSPS) is 9.13. The second-order valence-corrected chi connectivity index (χ2v) is 2.41. The first-order chi connectivity index (χ1) is 7.20. The van der Waals surface area contributed by atoms with Crippen molar-refractivity contribution in [2.45, 2.75) is 6.92 Å². The first-order valence-electron chi connectivity index (χ1n) is 4.03. The molecule has 0 N–H and O–H groups in total. The van der Waals surface area contributed by atoms with Gasteiger partial charge < -0.3 is 9.15 Å². The third-order valence-electron chi connectivity index (χ3n) is 1.52. The van der Waals surface area contributed by atoms with E-state index in [0.717, 1.165) is 12.5 Å². The average molecular weight is 209 g/mol. The van der Waals surface area contributed by atoms with Crippen LogP contribution in [-0.2, 0) is 4.74 Å². The number of hydrogen-bond donors (Lipinski definition) is 0. The number of carbonyl (C=O) groups is 2. The average Bonchev–Trinajstić information content (AvgIpc) is 2.66. The van der Waals surface area contributed by atoms with E-state index < -0.39 is 11.9 Å². The van der Waals surface area contributed by atoms with Crippen molar-refractivity contribution < 1.29 is 18.7 Å². The Bertz CT molecular complexity index is 431. The van der Waals surface area contributed by atoms with Crippen molar-refractivity contribution in [2.75, 3.05) is 6.61 Å². The molecule has 15 heavy (non-hydrogen) atoms. The summed E-state index contributed by atoms with van der Waals surface area (Å²) >= 11 is 0. The van der Waals surface area contributed by atoms with Gasteiger partial charge in [-0.05, 0) is 17.6 Å². The second-order valence-electron chi connectivity index (χ2n) is 2.41. The molecule has 0 aliphatic carbocycles. The van der Waals surface area contributed by atoms with Gasteiger partial charge in [-0.15, -0.1) is 0 Å². The highest BCUT2D eigenvalue weighted by atomic mass is 16.5. The van der Waals surface area contributed by atoms with E-state index in [1.165, 1.54) is 0 Å². The van der Waals surface area contributed by atoms with Gasteiger partial charge in [-0.1, -0.05) is 0 Å². The van der Waals surface area contributed by atoms with Crippen molar-refractivity contribution in [1.29, 1.82) is 0 Å². The van der Waals surface area contributed by atoms with Gasteiger partial charge in [0.25, 0.3) is 5.91 Å². The SMILES string of the molecule is CCOC(=O)c1cocc1C(=O)N=[N+]=[N-]. The Morgan fingerprint density at radius 2 is 2.20 bits per heavy atom. The van der Waals surface area contributed by atoms with Gasteiger partial charge in [0.05, 0.1) is 12.2 Å². The number of amides is 1. The number of esters is 1. The van der Waals surface area contributed by atoms with Crippen molar-refractivity contribution in [1.82, 2.24) is 0 Å². The summed E-state index contributed by atoms with van der Waals surface area (Å²) in [6, 6.07) is 0. The zero-order valence-electron chi connectivity index (χ0n) is 7.84. The summed E-state index contributed by atoms with van der Waals surface area (Å²) in [5.74, 6) is -1.57. The highest BCUT2D eigenvalue weighted by Gasteiger charge is 2.19. The summed E-state index contributed by atoms with van der Waals surface area (Å²) in [6.45, 7) is 1.81. The molecule has 0 fully saturated rings. The predicted molar refractivity (Wildman–Crippen MR) is 48.1 cm³/mol. The fourth-order valence-corrected chi connectivity index (χ4v) is 0.924. The van der Waals surface area contributed by atoms with Gasteiger partial charge in [0.1, 0.15) is 18.1 Å². The molecule has 0 aromatic carbocycles. The van der Waals surface area contributed by atoms with Gasteiger partial charge in [-0.25, -0.2) is 4.79 Å². The van der Waals surface area contributed by atoms with Gasteiger partial charge in [0, 0.05) is 4.91 Å². The van der Waals surface area contributed by atoms with Crippen LogP contribution in [0.1, 0.15) is 27.6 Å². The molecular weight excluding hydrogens is 202 g/mol. The van der Waals surface area contributed by atoms with Gasteiger partial charge in [-0.2, -0.15) is 0 Å². The van der Waals surface area contributed by atoms with Crippen LogP contribution >= 0.6 is 0 Å². The molecule has 1 rings (SSSR count). The van der Waals surface area contributed by atoms with Crippen molar-refractivity contribution in [3.05, 3.63) is 34.1 Å². The predicted octanol–water partition coefficient (Wildman–Crippen LogP) is 1.91. The number of furan rings is 1. The molecule has 0 unspecified atom stereocenters. The second kappa shape index (κ2) is 4.83. The van der Waals surface area contributed by atoms with Crippen LogP contribution in [0.15, 0.2) is 22.1 Å². The van der Waals surface area contributed by atoms with Gasteiger partial charge in [-0.3, -0.25) is 4.79 Å². The van der Waals surface area contributed by atoms with E-state index in [4.69, 9.17) is 5.53 Å². The molecule has 0 bridgehead atoms. The summed E-state index contributed by atoms with van der Waals surface area (Å²) in [4.78, 5) is 24.7. The summed E-state index contributed by atoms with van der Waals surface area (Å²) < 4.78 is 9.34. The van der Waals surface area contributed by atoms with Crippen LogP contribution in [-0.4, -0.2) is 18.5 Å². The molecule has 0 atom stereocenters. The molecule has 1 amide bonds. The standard InChI is InChI=1S/C8H7N3O4/c1-2-15-8(13)6-4-14-3-5(6)7(12)10-11-9/h3-4H,2H2,1H3. The van der Waals surface area contributed by atoms with E-state index in [9.17, 15) is 9.59 Å². The van der Waals surface area contributed by atoms with Crippen molar-refractivity contribution in [3.63, 3.8) is 0 Å². The van der Waals surface area contributed by atoms with Crippen molar-refractivity contribution in [3.8, 4) is 0 Å². The van der Waals surface area contributed by atoms with E-state index in [-0.39, 0.29) is 17.7 Å². The van der Waals surface area contributed by atoms with Crippen LogP contribution in [0.4, 0.5) is 0 Å². The minimum absolute atomic E-state index is 0.0470. The van der Waals surface area contributed by atoms with Crippen LogP contribution < -0.4 is 0 Å². The van der Waals surface area contributed by atoms with Gasteiger partial charge in [0.15, 0.2) is 0 Å². The molecule has 1 aromatic heterocycles. The highest BCUT2D eigenvalue weighted by Crippen LogP contribution is 2.13. The molecular formula is C8H7N3O4.